The standard InChI is InChI=1S/C20H16BrNO5S/c1-25-19(23)13-6-14(20(24)26-2)9-17(8-13)27-10-16-11-28-18(22-16)12-4-3-5-15(21)7-12/h3-9,11H,10H2,1-2H3. The molecule has 0 fully saturated rings. The molecule has 1 aromatic heterocycles. The smallest absolute Gasteiger partial charge is 0.338 e. The number of methoxy groups -OCH3 is 2. The van der Waals surface area contributed by atoms with Crippen molar-refractivity contribution in [3.05, 3.63) is 69.1 Å². The first-order chi connectivity index (χ1) is 13.5. The number of rotatable bonds is 6. The number of carbonyl (C=O) groups excluding carboxylic acids is 2. The second kappa shape index (κ2) is 8.99. The van der Waals surface area contributed by atoms with Crippen LogP contribution in [0.3, 0.4) is 0 Å². The predicted molar refractivity (Wildman–Crippen MR) is 109 cm³/mol. The lowest BCUT2D eigenvalue weighted by Gasteiger charge is -2.09. The first kappa shape index (κ1) is 20.0. The van der Waals surface area contributed by atoms with E-state index in [-0.39, 0.29) is 17.7 Å². The number of halogens is 1. The normalized spacial score (nSPS) is 10.4. The first-order valence-electron chi connectivity index (χ1n) is 8.15. The van der Waals surface area contributed by atoms with Crippen molar-refractivity contribution in [2.75, 3.05) is 14.2 Å². The maximum absolute atomic E-state index is 11.8. The Morgan fingerprint density at radius 2 is 1.71 bits per heavy atom. The van der Waals surface area contributed by atoms with Crippen LogP contribution in [0, 0.1) is 0 Å². The summed E-state index contributed by atoms with van der Waals surface area (Å²) >= 11 is 4.96. The Hall–Kier alpha value is -2.71. The summed E-state index contributed by atoms with van der Waals surface area (Å²) < 4.78 is 16.2. The van der Waals surface area contributed by atoms with Crippen LogP contribution in [0.1, 0.15) is 26.4 Å². The number of nitrogens with zero attached hydrogens (tertiary/aromatic N) is 1. The van der Waals surface area contributed by atoms with E-state index in [1.165, 1.54) is 43.8 Å². The van der Waals surface area contributed by atoms with Crippen LogP contribution in [0.4, 0.5) is 0 Å². The van der Waals surface area contributed by atoms with Gasteiger partial charge in [0.15, 0.2) is 0 Å². The number of esters is 2. The van der Waals surface area contributed by atoms with Gasteiger partial charge in [-0.3, -0.25) is 0 Å². The van der Waals surface area contributed by atoms with Gasteiger partial charge in [-0.2, -0.15) is 0 Å². The van der Waals surface area contributed by atoms with Gasteiger partial charge in [-0.1, -0.05) is 28.1 Å². The number of benzene rings is 2. The highest BCUT2D eigenvalue weighted by Gasteiger charge is 2.15. The second-order valence-corrected chi connectivity index (χ2v) is 7.45. The molecule has 0 amide bonds. The van der Waals surface area contributed by atoms with Gasteiger partial charge in [0.25, 0.3) is 0 Å². The zero-order valence-corrected chi connectivity index (χ0v) is 17.5. The molecule has 0 saturated carbocycles. The lowest BCUT2D eigenvalue weighted by molar-refractivity contribution is 0.0598. The molecular formula is C20H16BrNO5S. The summed E-state index contributed by atoms with van der Waals surface area (Å²) in [6.45, 7) is 0.190. The Morgan fingerprint density at radius 3 is 2.32 bits per heavy atom. The number of hydrogen-bond donors (Lipinski definition) is 0. The SMILES string of the molecule is COC(=O)c1cc(OCc2csc(-c3cccc(Br)c3)n2)cc(C(=O)OC)c1. The van der Waals surface area contributed by atoms with Gasteiger partial charge in [0.1, 0.15) is 17.4 Å². The number of thiazole rings is 1. The summed E-state index contributed by atoms with van der Waals surface area (Å²) in [5.74, 6) is -0.789. The molecule has 144 valence electrons. The maximum Gasteiger partial charge on any atom is 0.338 e. The zero-order valence-electron chi connectivity index (χ0n) is 15.1. The average Bonchev–Trinajstić information content (AvgIpc) is 3.20. The van der Waals surface area contributed by atoms with Gasteiger partial charge >= 0.3 is 11.9 Å². The molecule has 2 aromatic carbocycles. The highest BCUT2D eigenvalue weighted by Crippen LogP contribution is 2.27. The summed E-state index contributed by atoms with van der Waals surface area (Å²) in [5.41, 5.74) is 2.15. The summed E-state index contributed by atoms with van der Waals surface area (Å²) in [5, 5.41) is 2.78. The van der Waals surface area contributed by atoms with Crippen LogP contribution in [-0.2, 0) is 16.1 Å². The molecule has 1 heterocycles. The number of ether oxygens (including phenoxy) is 3. The monoisotopic (exact) mass is 461 g/mol. The fourth-order valence-electron chi connectivity index (χ4n) is 2.44. The molecule has 0 aliphatic carbocycles. The minimum atomic E-state index is -0.568. The van der Waals surface area contributed by atoms with Crippen LogP contribution in [0.5, 0.6) is 5.75 Å². The average molecular weight is 462 g/mol. The summed E-state index contributed by atoms with van der Waals surface area (Å²) in [6.07, 6.45) is 0. The lowest BCUT2D eigenvalue weighted by Crippen LogP contribution is -2.08. The van der Waals surface area contributed by atoms with E-state index in [9.17, 15) is 9.59 Å². The molecule has 0 aliphatic heterocycles. The van der Waals surface area contributed by atoms with Gasteiger partial charge in [0, 0.05) is 15.4 Å². The van der Waals surface area contributed by atoms with Crippen molar-refractivity contribution in [2.24, 2.45) is 0 Å². The van der Waals surface area contributed by atoms with E-state index in [1.807, 2.05) is 29.6 Å². The molecular weight excluding hydrogens is 446 g/mol. The molecule has 3 aromatic rings. The molecule has 0 saturated heterocycles. The number of hydrogen-bond acceptors (Lipinski definition) is 7. The van der Waals surface area contributed by atoms with Gasteiger partial charge in [-0.15, -0.1) is 11.3 Å². The van der Waals surface area contributed by atoms with E-state index in [4.69, 9.17) is 14.2 Å². The predicted octanol–water partition coefficient (Wildman–Crippen LogP) is 4.72. The molecule has 0 radical (unpaired) electrons. The van der Waals surface area contributed by atoms with Crippen LogP contribution < -0.4 is 4.74 Å². The van der Waals surface area contributed by atoms with Crippen LogP contribution >= 0.6 is 27.3 Å². The quantitative estimate of drug-likeness (QED) is 0.494. The molecule has 0 unspecified atom stereocenters. The van der Waals surface area contributed by atoms with Gasteiger partial charge in [-0.05, 0) is 30.3 Å². The molecule has 0 N–H and O–H groups in total. The Morgan fingerprint density at radius 1 is 1.04 bits per heavy atom. The van der Waals surface area contributed by atoms with Crippen molar-refractivity contribution in [2.45, 2.75) is 6.61 Å². The third-order valence-electron chi connectivity index (χ3n) is 3.76. The first-order valence-corrected chi connectivity index (χ1v) is 9.82. The largest absolute Gasteiger partial charge is 0.487 e. The van der Waals surface area contributed by atoms with E-state index < -0.39 is 11.9 Å². The van der Waals surface area contributed by atoms with E-state index in [2.05, 4.69) is 20.9 Å². The molecule has 6 nitrogen and oxygen atoms in total. The molecule has 3 rings (SSSR count). The lowest BCUT2D eigenvalue weighted by atomic mass is 10.1. The van der Waals surface area contributed by atoms with Gasteiger partial charge in [0.05, 0.1) is 31.0 Å². The highest BCUT2D eigenvalue weighted by atomic mass is 79.9. The van der Waals surface area contributed by atoms with Crippen LogP contribution in [0.2, 0.25) is 0 Å². The van der Waals surface area contributed by atoms with Crippen molar-refractivity contribution >= 4 is 39.2 Å². The Bertz CT molecular complexity index is 983. The minimum absolute atomic E-state index is 0.190. The second-order valence-electron chi connectivity index (χ2n) is 5.67. The summed E-state index contributed by atoms with van der Waals surface area (Å²) in [7, 11) is 2.54. The fourth-order valence-corrected chi connectivity index (χ4v) is 3.64. The van der Waals surface area contributed by atoms with Gasteiger partial charge in [0.2, 0.25) is 0 Å². The van der Waals surface area contributed by atoms with E-state index in [0.29, 0.717) is 5.75 Å². The topological polar surface area (TPSA) is 74.7 Å². The molecule has 28 heavy (non-hydrogen) atoms. The summed E-state index contributed by atoms with van der Waals surface area (Å²) in [6, 6.07) is 12.3. The van der Waals surface area contributed by atoms with E-state index >= 15 is 0 Å². The van der Waals surface area contributed by atoms with E-state index in [0.717, 1.165) is 20.7 Å². The van der Waals surface area contributed by atoms with Gasteiger partial charge in [-0.25, -0.2) is 14.6 Å². The third kappa shape index (κ3) is 4.76. The van der Waals surface area contributed by atoms with Crippen molar-refractivity contribution in [3.63, 3.8) is 0 Å². The van der Waals surface area contributed by atoms with Crippen molar-refractivity contribution in [1.29, 1.82) is 0 Å². The molecule has 0 bridgehead atoms. The van der Waals surface area contributed by atoms with Crippen molar-refractivity contribution in [3.8, 4) is 16.3 Å². The Balaban J connectivity index is 1.78. The molecule has 0 spiro atoms. The molecule has 8 heteroatoms. The summed E-state index contributed by atoms with van der Waals surface area (Å²) in [4.78, 5) is 28.3. The Kier molecular flexibility index (Phi) is 6.43. The zero-order chi connectivity index (χ0) is 20.1. The van der Waals surface area contributed by atoms with Gasteiger partial charge < -0.3 is 14.2 Å². The van der Waals surface area contributed by atoms with Crippen molar-refractivity contribution in [1.82, 2.24) is 4.98 Å². The third-order valence-corrected chi connectivity index (χ3v) is 5.19. The molecule has 0 aliphatic rings. The molecule has 0 atom stereocenters. The van der Waals surface area contributed by atoms with E-state index in [1.54, 1.807) is 0 Å². The fraction of sp³-hybridized carbons (Fsp3) is 0.150. The minimum Gasteiger partial charge on any atom is -0.487 e. The van der Waals surface area contributed by atoms with Crippen molar-refractivity contribution < 1.29 is 23.8 Å². The van der Waals surface area contributed by atoms with Crippen LogP contribution in [-0.4, -0.2) is 31.1 Å². The Labute approximate surface area is 174 Å². The number of aromatic nitrogens is 1. The highest BCUT2D eigenvalue weighted by molar-refractivity contribution is 9.10. The van der Waals surface area contributed by atoms with Crippen LogP contribution in [0.15, 0.2) is 52.3 Å². The number of carbonyl (C=O) groups is 2. The van der Waals surface area contributed by atoms with Crippen LogP contribution in [0.25, 0.3) is 10.6 Å². The maximum atomic E-state index is 11.8.